The number of non-ortho nitro benzene ring substituents is 1. The minimum absolute atomic E-state index is 0.0299. The molecule has 0 aromatic heterocycles. The Hall–Kier alpha value is -3.22. The van der Waals surface area contributed by atoms with E-state index in [1.165, 1.54) is 24.3 Å². The number of benzene rings is 2. The lowest BCUT2D eigenvalue weighted by Gasteiger charge is -2.14. The SMILES string of the molecule is O=C1c2ccccc2C(=O)N1CCOc1ccc([N+](=O)[O-])cc1. The number of hydrogen-bond donors (Lipinski definition) is 0. The molecule has 0 bridgehead atoms. The van der Waals surface area contributed by atoms with E-state index in [0.717, 1.165) is 4.90 Å². The molecule has 0 fully saturated rings. The first kappa shape index (κ1) is 14.7. The first-order valence-electron chi connectivity index (χ1n) is 6.90. The van der Waals surface area contributed by atoms with Crippen molar-refractivity contribution in [2.75, 3.05) is 13.2 Å². The summed E-state index contributed by atoms with van der Waals surface area (Å²) in [6.07, 6.45) is 0. The van der Waals surface area contributed by atoms with Crippen molar-refractivity contribution in [1.82, 2.24) is 4.90 Å². The number of nitro groups is 1. The lowest BCUT2D eigenvalue weighted by atomic mass is 10.1. The van der Waals surface area contributed by atoms with Crippen molar-refractivity contribution >= 4 is 17.5 Å². The van der Waals surface area contributed by atoms with E-state index in [1.54, 1.807) is 24.3 Å². The third-order valence-electron chi connectivity index (χ3n) is 3.51. The number of hydrogen-bond acceptors (Lipinski definition) is 5. The highest BCUT2D eigenvalue weighted by atomic mass is 16.6. The van der Waals surface area contributed by atoms with Gasteiger partial charge in [-0.3, -0.25) is 24.6 Å². The van der Waals surface area contributed by atoms with Crippen molar-refractivity contribution in [2.45, 2.75) is 0 Å². The van der Waals surface area contributed by atoms with Crippen LogP contribution < -0.4 is 4.74 Å². The van der Waals surface area contributed by atoms with Gasteiger partial charge in [0.25, 0.3) is 17.5 Å². The van der Waals surface area contributed by atoms with Crippen LogP contribution in [0.25, 0.3) is 0 Å². The third kappa shape index (κ3) is 2.76. The van der Waals surface area contributed by atoms with Crippen LogP contribution in [0.4, 0.5) is 5.69 Å². The fraction of sp³-hybridized carbons (Fsp3) is 0.125. The van der Waals surface area contributed by atoms with Crippen molar-refractivity contribution in [3.05, 3.63) is 69.8 Å². The Morgan fingerprint density at radius 2 is 1.52 bits per heavy atom. The normalized spacial score (nSPS) is 13.1. The molecule has 3 rings (SSSR count). The Kier molecular flexibility index (Phi) is 3.76. The molecule has 1 heterocycles. The molecule has 0 saturated carbocycles. The Balaban J connectivity index is 1.60. The molecule has 2 aromatic rings. The molecule has 0 radical (unpaired) electrons. The summed E-state index contributed by atoms with van der Waals surface area (Å²) in [5.41, 5.74) is 0.762. The molecule has 0 saturated heterocycles. The fourth-order valence-electron chi connectivity index (χ4n) is 2.36. The van der Waals surface area contributed by atoms with Gasteiger partial charge in [-0.2, -0.15) is 0 Å². The van der Waals surface area contributed by atoms with Gasteiger partial charge in [-0.1, -0.05) is 12.1 Å². The summed E-state index contributed by atoms with van der Waals surface area (Å²) in [4.78, 5) is 35.5. The van der Waals surface area contributed by atoms with Gasteiger partial charge in [0.15, 0.2) is 0 Å². The summed E-state index contributed by atoms with van der Waals surface area (Å²) in [5.74, 6) is -0.233. The minimum Gasteiger partial charge on any atom is -0.492 e. The molecular formula is C16H12N2O5. The molecule has 7 heteroatoms. The molecule has 0 unspecified atom stereocenters. The van der Waals surface area contributed by atoms with E-state index in [0.29, 0.717) is 16.9 Å². The van der Waals surface area contributed by atoms with Gasteiger partial charge in [0.1, 0.15) is 12.4 Å². The minimum atomic E-state index is -0.497. The number of amides is 2. The van der Waals surface area contributed by atoms with Crippen LogP contribution >= 0.6 is 0 Å². The summed E-state index contributed by atoms with van der Waals surface area (Å²) in [7, 11) is 0. The van der Waals surface area contributed by atoms with Crippen LogP contribution in [-0.2, 0) is 0 Å². The van der Waals surface area contributed by atoms with Crippen LogP contribution in [0.3, 0.4) is 0 Å². The highest BCUT2D eigenvalue weighted by molar-refractivity contribution is 6.21. The van der Waals surface area contributed by atoms with Gasteiger partial charge in [-0.25, -0.2) is 0 Å². The second-order valence-corrected chi connectivity index (χ2v) is 4.91. The smallest absolute Gasteiger partial charge is 0.269 e. The highest BCUT2D eigenvalue weighted by Gasteiger charge is 2.34. The first-order chi connectivity index (χ1) is 11.1. The van der Waals surface area contributed by atoms with Crippen molar-refractivity contribution in [3.63, 3.8) is 0 Å². The second kappa shape index (κ2) is 5.88. The monoisotopic (exact) mass is 312 g/mol. The number of rotatable bonds is 5. The van der Waals surface area contributed by atoms with E-state index in [2.05, 4.69) is 0 Å². The van der Waals surface area contributed by atoms with Crippen LogP contribution in [0.15, 0.2) is 48.5 Å². The maximum Gasteiger partial charge on any atom is 0.269 e. The predicted molar refractivity (Wildman–Crippen MR) is 80.4 cm³/mol. The predicted octanol–water partition coefficient (Wildman–Crippen LogP) is 2.27. The van der Waals surface area contributed by atoms with Crippen molar-refractivity contribution in [2.24, 2.45) is 0 Å². The summed E-state index contributed by atoms with van der Waals surface area (Å²) in [6.45, 7) is 0.229. The van der Waals surface area contributed by atoms with Gasteiger partial charge in [-0.05, 0) is 24.3 Å². The van der Waals surface area contributed by atoms with Gasteiger partial charge in [0.2, 0.25) is 0 Å². The summed E-state index contributed by atoms with van der Waals surface area (Å²) in [5, 5.41) is 10.6. The standard InChI is InChI=1S/C16H12N2O5/c19-15-13-3-1-2-4-14(13)16(20)17(15)9-10-23-12-7-5-11(6-8-12)18(21)22/h1-8H,9-10H2. The van der Waals surface area contributed by atoms with E-state index >= 15 is 0 Å². The number of ether oxygens (including phenoxy) is 1. The summed E-state index contributed by atoms with van der Waals surface area (Å²) < 4.78 is 5.43. The number of fused-ring (bicyclic) bond motifs is 1. The van der Waals surface area contributed by atoms with Gasteiger partial charge in [0, 0.05) is 12.1 Å². The molecule has 1 aliphatic rings. The highest BCUT2D eigenvalue weighted by Crippen LogP contribution is 2.22. The van der Waals surface area contributed by atoms with E-state index < -0.39 is 4.92 Å². The van der Waals surface area contributed by atoms with Crippen molar-refractivity contribution in [3.8, 4) is 5.75 Å². The summed E-state index contributed by atoms with van der Waals surface area (Å²) >= 11 is 0. The Morgan fingerprint density at radius 3 is 2.04 bits per heavy atom. The van der Waals surface area contributed by atoms with E-state index in [1.807, 2.05) is 0 Å². The lowest BCUT2D eigenvalue weighted by molar-refractivity contribution is -0.384. The largest absolute Gasteiger partial charge is 0.492 e. The molecule has 0 atom stereocenters. The van der Waals surface area contributed by atoms with Gasteiger partial charge < -0.3 is 4.74 Å². The van der Waals surface area contributed by atoms with Crippen LogP contribution in [0.5, 0.6) is 5.75 Å². The molecule has 2 amide bonds. The average Bonchev–Trinajstić information content (AvgIpc) is 2.81. The third-order valence-corrected chi connectivity index (χ3v) is 3.51. The van der Waals surface area contributed by atoms with Gasteiger partial charge >= 0.3 is 0 Å². The first-order valence-corrected chi connectivity index (χ1v) is 6.90. The van der Waals surface area contributed by atoms with Crippen LogP contribution in [0.2, 0.25) is 0 Å². The number of imide groups is 1. The number of carbonyl (C=O) groups is 2. The molecule has 2 aromatic carbocycles. The molecule has 1 aliphatic heterocycles. The maximum atomic E-state index is 12.1. The number of nitrogens with zero attached hydrogens (tertiary/aromatic N) is 2. The van der Waals surface area contributed by atoms with E-state index in [-0.39, 0.29) is 30.7 Å². The Bertz CT molecular complexity index is 750. The zero-order chi connectivity index (χ0) is 16.4. The molecule has 23 heavy (non-hydrogen) atoms. The fourth-order valence-corrected chi connectivity index (χ4v) is 2.36. The maximum absolute atomic E-state index is 12.1. The quantitative estimate of drug-likeness (QED) is 0.480. The van der Waals surface area contributed by atoms with Crippen LogP contribution in [-0.4, -0.2) is 34.8 Å². The second-order valence-electron chi connectivity index (χ2n) is 4.91. The number of carbonyl (C=O) groups excluding carboxylic acids is 2. The molecule has 7 nitrogen and oxygen atoms in total. The molecule has 0 aliphatic carbocycles. The molecule has 116 valence electrons. The average molecular weight is 312 g/mol. The molecule has 0 N–H and O–H groups in total. The van der Waals surface area contributed by atoms with E-state index in [9.17, 15) is 19.7 Å². The van der Waals surface area contributed by atoms with Crippen molar-refractivity contribution in [1.29, 1.82) is 0 Å². The van der Waals surface area contributed by atoms with Crippen LogP contribution in [0.1, 0.15) is 20.7 Å². The zero-order valence-corrected chi connectivity index (χ0v) is 12.0. The van der Waals surface area contributed by atoms with E-state index in [4.69, 9.17) is 4.74 Å². The van der Waals surface area contributed by atoms with Crippen LogP contribution in [0, 0.1) is 10.1 Å². The number of nitro benzene ring substituents is 1. The Labute approximate surface area is 131 Å². The van der Waals surface area contributed by atoms with Gasteiger partial charge in [0.05, 0.1) is 22.6 Å². The molecular weight excluding hydrogens is 300 g/mol. The molecule has 0 spiro atoms. The van der Waals surface area contributed by atoms with Crippen molar-refractivity contribution < 1.29 is 19.2 Å². The topological polar surface area (TPSA) is 89.8 Å². The van der Waals surface area contributed by atoms with Gasteiger partial charge in [-0.15, -0.1) is 0 Å². The summed E-state index contributed by atoms with van der Waals surface area (Å²) in [6, 6.07) is 12.3. The zero-order valence-electron chi connectivity index (χ0n) is 12.0. The Morgan fingerprint density at radius 1 is 0.957 bits per heavy atom. The lowest BCUT2D eigenvalue weighted by Crippen LogP contribution is -2.33.